The van der Waals surface area contributed by atoms with Crippen molar-refractivity contribution >= 4 is 23.9 Å². The summed E-state index contributed by atoms with van der Waals surface area (Å²) in [7, 11) is 4.41. The number of hydrogen-bond donors (Lipinski definition) is 0. The first-order valence-electron chi connectivity index (χ1n) is 5.22. The first kappa shape index (κ1) is 12.0. The molecular formula is C11H12N4O3. The van der Waals surface area contributed by atoms with E-state index >= 15 is 0 Å². The third kappa shape index (κ3) is 1.79. The van der Waals surface area contributed by atoms with Crippen molar-refractivity contribution in [3.63, 3.8) is 0 Å². The summed E-state index contributed by atoms with van der Waals surface area (Å²) in [4.78, 5) is 37.1. The number of imide groups is 2. The van der Waals surface area contributed by atoms with E-state index in [2.05, 4.69) is 5.10 Å². The fraction of sp³-hybridized carbons (Fsp3) is 0.273. The summed E-state index contributed by atoms with van der Waals surface area (Å²) in [6, 6.07) is -0.631. The third-order valence-corrected chi connectivity index (χ3v) is 2.68. The molecule has 4 amide bonds. The van der Waals surface area contributed by atoms with Gasteiger partial charge in [0.05, 0.1) is 6.20 Å². The van der Waals surface area contributed by atoms with Gasteiger partial charge in [0.25, 0.3) is 11.8 Å². The molecule has 0 bridgehead atoms. The number of rotatable bonds is 1. The molecule has 1 aliphatic heterocycles. The Balaban J connectivity index is 2.43. The Morgan fingerprint density at radius 3 is 2.06 bits per heavy atom. The predicted molar refractivity (Wildman–Crippen MR) is 62.1 cm³/mol. The molecule has 0 saturated carbocycles. The fourth-order valence-electron chi connectivity index (χ4n) is 1.66. The SMILES string of the molecule is CN1C(=O)C(=Cc2cnn(C)c2)C(=O)N(C)C1=O. The molecule has 94 valence electrons. The topological polar surface area (TPSA) is 75.5 Å². The van der Waals surface area contributed by atoms with Gasteiger partial charge in [-0.3, -0.25) is 24.1 Å². The Hall–Kier alpha value is -2.44. The molecule has 1 aromatic heterocycles. The van der Waals surface area contributed by atoms with Gasteiger partial charge >= 0.3 is 6.03 Å². The monoisotopic (exact) mass is 248 g/mol. The van der Waals surface area contributed by atoms with Crippen molar-refractivity contribution in [2.45, 2.75) is 0 Å². The lowest BCUT2D eigenvalue weighted by atomic mass is 10.1. The van der Waals surface area contributed by atoms with E-state index in [0.29, 0.717) is 5.56 Å². The van der Waals surface area contributed by atoms with Crippen LogP contribution in [0.2, 0.25) is 0 Å². The Bertz CT molecular complexity index is 547. The van der Waals surface area contributed by atoms with E-state index in [4.69, 9.17) is 0 Å². The maximum Gasteiger partial charge on any atom is 0.333 e. The van der Waals surface area contributed by atoms with Gasteiger partial charge in [-0.15, -0.1) is 0 Å². The lowest BCUT2D eigenvalue weighted by molar-refractivity contribution is -0.134. The number of barbiturate groups is 1. The number of aromatic nitrogens is 2. The molecule has 0 radical (unpaired) electrons. The molecule has 18 heavy (non-hydrogen) atoms. The highest BCUT2D eigenvalue weighted by atomic mass is 16.2. The Morgan fingerprint density at radius 2 is 1.61 bits per heavy atom. The second kappa shape index (κ2) is 4.10. The molecule has 1 aliphatic rings. The largest absolute Gasteiger partial charge is 0.333 e. The minimum absolute atomic E-state index is 0.0485. The van der Waals surface area contributed by atoms with Crippen molar-refractivity contribution < 1.29 is 14.4 Å². The van der Waals surface area contributed by atoms with Crippen LogP contribution in [0.1, 0.15) is 5.56 Å². The molecule has 0 unspecified atom stereocenters. The number of carbonyl (C=O) groups is 3. The van der Waals surface area contributed by atoms with Gasteiger partial charge in [-0.25, -0.2) is 4.79 Å². The molecule has 1 aromatic rings. The minimum atomic E-state index is -0.631. The lowest BCUT2D eigenvalue weighted by Crippen LogP contribution is -2.52. The summed E-state index contributed by atoms with van der Waals surface area (Å²) in [6.45, 7) is 0. The first-order valence-corrected chi connectivity index (χ1v) is 5.22. The molecule has 1 fully saturated rings. The van der Waals surface area contributed by atoms with Crippen molar-refractivity contribution in [1.29, 1.82) is 0 Å². The van der Waals surface area contributed by atoms with Crippen molar-refractivity contribution in [1.82, 2.24) is 19.6 Å². The molecule has 0 N–H and O–H groups in total. The zero-order chi connectivity index (χ0) is 13.4. The summed E-state index contributed by atoms with van der Waals surface area (Å²) in [6.07, 6.45) is 4.63. The van der Waals surface area contributed by atoms with Crippen LogP contribution >= 0.6 is 0 Å². The van der Waals surface area contributed by atoms with Crippen LogP contribution in [0.25, 0.3) is 6.08 Å². The van der Waals surface area contributed by atoms with Crippen LogP contribution < -0.4 is 0 Å². The van der Waals surface area contributed by atoms with E-state index in [1.807, 2.05) is 0 Å². The maximum absolute atomic E-state index is 11.9. The van der Waals surface area contributed by atoms with Crippen molar-refractivity contribution in [3.8, 4) is 0 Å². The summed E-state index contributed by atoms with van der Waals surface area (Å²) in [5.41, 5.74) is 0.581. The average Bonchev–Trinajstić information content (AvgIpc) is 2.75. The van der Waals surface area contributed by atoms with Crippen molar-refractivity contribution in [3.05, 3.63) is 23.5 Å². The number of likely N-dealkylation sites (N-methyl/N-ethyl adjacent to an activating group) is 2. The van der Waals surface area contributed by atoms with E-state index in [-0.39, 0.29) is 5.57 Å². The average molecular weight is 248 g/mol. The van der Waals surface area contributed by atoms with Gasteiger partial charge in [-0.2, -0.15) is 5.10 Å². The van der Waals surface area contributed by atoms with Crippen molar-refractivity contribution in [2.24, 2.45) is 7.05 Å². The second-order valence-electron chi connectivity index (χ2n) is 4.02. The minimum Gasteiger partial charge on any atom is -0.275 e. The van der Waals surface area contributed by atoms with Gasteiger partial charge < -0.3 is 0 Å². The quantitative estimate of drug-likeness (QED) is 0.512. The summed E-state index contributed by atoms with van der Waals surface area (Å²) >= 11 is 0. The highest BCUT2D eigenvalue weighted by Crippen LogP contribution is 2.17. The molecule has 2 heterocycles. The molecule has 0 aromatic carbocycles. The second-order valence-corrected chi connectivity index (χ2v) is 4.02. The molecule has 0 atom stereocenters. The highest BCUT2D eigenvalue weighted by Gasteiger charge is 2.37. The standard InChI is InChI=1S/C11H12N4O3/c1-13-6-7(5-12-13)4-8-9(16)14(2)11(18)15(3)10(8)17/h4-6H,1-3H3. The molecule has 0 aliphatic carbocycles. The molecule has 2 rings (SSSR count). The number of hydrogen-bond acceptors (Lipinski definition) is 4. The smallest absolute Gasteiger partial charge is 0.275 e. The van der Waals surface area contributed by atoms with E-state index in [9.17, 15) is 14.4 Å². The number of amides is 4. The molecule has 1 saturated heterocycles. The zero-order valence-corrected chi connectivity index (χ0v) is 10.2. The molecule has 0 spiro atoms. The van der Waals surface area contributed by atoms with Gasteiger partial charge in [0.2, 0.25) is 0 Å². The Kier molecular flexibility index (Phi) is 2.74. The van der Waals surface area contributed by atoms with E-state index in [0.717, 1.165) is 9.80 Å². The summed E-state index contributed by atoms with van der Waals surface area (Å²) in [5, 5.41) is 3.94. The van der Waals surface area contributed by atoms with Crippen molar-refractivity contribution in [2.75, 3.05) is 14.1 Å². The van der Waals surface area contributed by atoms with Crippen LogP contribution in [-0.2, 0) is 16.6 Å². The normalized spacial score (nSPS) is 16.6. The summed E-state index contributed by atoms with van der Waals surface area (Å²) < 4.78 is 1.56. The van der Waals surface area contributed by atoms with Crippen LogP contribution in [0.15, 0.2) is 18.0 Å². The van der Waals surface area contributed by atoms with E-state index in [1.165, 1.54) is 26.4 Å². The third-order valence-electron chi connectivity index (χ3n) is 2.68. The maximum atomic E-state index is 11.9. The number of urea groups is 1. The van der Waals surface area contributed by atoms with Crippen LogP contribution in [0.5, 0.6) is 0 Å². The number of nitrogens with zero attached hydrogens (tertiary/aromatic N) is 4. The molecule has 7 heteroatoms. The fourth-order valence-corrected chi connectivity index (χ4v) is 1.66. The van der Waals surface area contributed by atoms with Crippen LogP contribution in [0.4, 0.5) is 4.79 Å². The van der Waals surface area contributed by atoms with Gasteiger partial charge in [0, 0.05) is 32.9 Å². The van der Waals surface area contributed by atoms with Crippen LogP contribution in [0, 0.1) is 0 Å². The molecular weight excluding hydrogens is 236 g/mol. The predicted octanol–water partition coefficient (Wildman–Crippen LogP) is -0.146. The summed E-state index contributed by atoms with van der Waals surface area (Å²) in [5.74, 6) is -1.21. The van der Waals surface area contributed by atoms with Gasteiger partial charge in [0.15, 0.2) is 0 Å². The van der Waals surface area contributed by atoms with E-state index < -0.39 is 17.8 Å². The van der Waals surface area contributed by atoms with E-state index in [1.54, 1.807) is 17.9 Å². The zero-order valence-electron chi connectivity index (χ0n) is 10.2. The van der Waals surface area contributed by atoms with Crippen LogP contribution in [0.3, 0.4) is 0 Å². The van der Waals surface area contributed by atoms with Gasteiger partial charge in [-0.1, -0.05) is 0 Å². The Morgan fingerprint density at radius 1 is 1.06 bits per heavy atom. The number of carbonyl (C=O) groups excluding carboxylic acids is 3. The highest BCUT2D eigenvalue weighted by molar-refractivity contribution is 6.30. The van der Waals surface area contributed by atoms with Gasteiger partial charge in [0.1, 0.15) is 5.57 Å². The first-order chi connectivity index (χ1) is 8.41. The van der Waals surface area contributed by atoms with Gasteiger partial charge in [-0.05, 0) is 6.08 Å². The lowest BCUT2D eigenvalue weighted by Gasteiger charge is -2.28. The Labute approximate surface area is 103 Å². The number of aryl methyl sites for hydroxylation is 1. The molecule has 7 nitrogen and oxygen atoms in total. The van der Waals surface area contributed by atoms with Crippen LogP contribution in [-0.4, -0.2) is 51.5 Å².